The second-order valence-corrected chi connectivity index (χ2v) is 8.80. The molecule has 0 aromatic carbocycles. The van der Waals surface area contributed by atoms with Gasteiger partial charge in [0.15, 0.2) is 0 Å². The van der Waals surface area contributed by atoms with E-state index < -0.39 is 0 Å². The van der Waals surface area contributed by atoms with Crippen LogP contribution in [0, 0.1) is 5.41 Å². The number of carbonyl (C=O) groups excluding carboxylic acids is 1. The Morgan fingerprint density at radius 3 is 2.65 bits per heavy atom. The summed E-state index contributed by atoms with van der Waals surface area (Å²) in [7, 11) is 0. The van der Waals surface area contributed by atoms with E-state index >= 15 is 0 Å². The van der Waals surface area contributed by atoms with Gasteiger partial charge in [0, 0.05) is 16.8 Å². The van der Waals surface area contributed by atoms with Gasteiger partial charge in [-0.3, -0.25) is 4.79 Å². The number of rotatable bonds is 4. The number of carbonyl (C=O) groups is 1. The molecule has 0 saturated carbocycles. The molecular formula is C12H17Br2NOS. The Morgan fingerprint density at radius 2 is 2.18 bits per heavy atom. The Kier molecular flexibility index (Phi) is 5.67. The van der Waals surface area contributed by atoms with Crippen molar-refractivity contribution in [1.29, 1.82) is 0 Å². The summed E-state index contributed by atoms with van der Waals surface area (Å²) in [5, 5.41) is 4.79. The first-order valence-corrected chi connectivity index (χ1v) is 8.03. The summed E-state index contributed by atoms with van der Waals surface area (Å²) in [4.78, 5) is 12.1. The first-order valence-electron chi connectivity index (χ1n) is 5.44. The number of thiophene rings is 1. The molecule has 17 heavy (non-hydrogen) atoms. The lowest BCUT2D eigenvalue weighted by molar-refractivity contribution is 0.0953. The predicted molar refractivity (Wildman–Crippen MR) is 81.1 cm³/mol. The van der Waals surface area contributed by atoms with E-state index in [-0.39, 0.29) is 11.3 Å². The van der Waals surface area contributed by atoms with Crippen molar-refractivity contribution in [3.05, 3.63) is 20.8 Å². The van der Waals surface area contributed by atoms with Gasteiger partial charge in [-0.25, -0.2) is 0 Å². The highest BCUT2D eigenvalue weighted by molar-refractivity contribution is 9.11. The molecule has 96 valence electrons. The summed E-state index contributed by atoms with van der Waals surface area (Å²) in [6, 6.07) is 1.84. The Balaban J connectivity index is 2.38. The molecule has 1 aromatic heterocycles. The molecule has 1 rings (SSSR count). The highest BCUT2D eigenvalue weighted by Crippen LogP contribution is 2.24. The number of alkyl halides is 1. The molecule has 1 aromatic rings. The molecule has 0 fully saturated rings. The summed E-state index contributed by atoms with van der Waals surface area (Å²) in [5.74, 6) is -0.00897. The lowest BCUT2D eigenvalue weighted by Crippen LogP contribution is -2.31. The van der Waals surface area contributed by atoms with Crippen LogP contribution in [0.25, 0.3) is 0 Å². The number of amides is 1. The van der Waals surface area contributed by atoms with E-state index in [1.807, 2.05) is 11.4 Å². The lowest BCUT2D eigenvalue weighted by atomic mass is 9.90. The van der Waals surface area contributed by atoms with E-state index in [9.17, 15) is 4.79 Å². The van der Waals surface area contributed by atoms with Crippen LogP contribution in [0.4, 0.5) is 0 Å². The first-order chi connectivity index (χ1) is 7.78. The molecule has 0 spiro atoms. The quantitative estimate of drug-likeness (QED) is 0.766. The van der Waals surface area contributed by atoms with Crippen molar-refractivity contribution in [3.8, 4) is 0 Å². The Hall–Kier alpha value is 0.130. The van der Waals surface area contributed by atoms with Crippen LogP contribution in [0.1, 0.15) is 37.6 Å². The predicted octanol–water partition coefficient (Wildman–Crippen LogP) is 4.44. The summed E-state index contributed by atoms with van der Waals surface area (Å²) < 4.78 is 0.979. The van der Waals surface area contributed by atoms with Crippen molar-refractivity contribution in [2.45, 2.75) is 32.0 Å². The standard InChI is InChI=1S/C12H17Br2NOS/c1-12(2,3)5-9(13)6-15-11(16)8-4-10(14)17-7-8/h4,7,9H,5-6H2,1-3H3,(H,15,16). The van der Waals surface area contributed by atoms with Crippen LogP contribution in [-0.2, 0) is 0 Å². The smallest absolute Gasteiger partial charge is 0.252 e. The third-order valence-electron chi connectivity index (χ3n) is 2.15. The average molecular weight is 383 g/mol. The van der Waals surface area contributed by atoms with Crippen LogP contribution < -0.4 is 5.32 Å². The number of hydrogen-bond donors (Lipinski definition) is 1. The fourth-order valence-electron chi connectivity index (χ4n) is 1.47. The summed E-state index contributed by atoms with van der Waals surface area (Å²) in [6.45, 7) is 7.24. The van der Waals surface area contributed by atoms with Gasteiger partial charge >= 0.3 is 0 Å². The summed E-state index contributed by atoms with van der Waals surface area (Å²) in [6.07, 6.45) is 1.03. The fourth-order valence-corrected chi connectivity index (χ4v) is 3.74. The van der Waals surface area contributed by atoms with Crippen LogP contribution in [0.15, 0.2) is 15.2 Å². The normalized spacial score (nSPS) is 13.5. The molecule has 2 nitrogen and oxygen atoms in total. The van der Waals surface area contributed by atoms with Gasteiger partial charge in [-0.2, -0.15) is 0 Å². The molecule has 0 saturated heterocycles. The Labute approximate surface area is 123 Å². The van der Waals surface area contributed by atoms with Gasteiger partial charge in [-0.15, -0.1) is 11.3 Å². The average Bonchev–Trinajstić information content (AvgIpc) is 2.58. The van der Waals surface area contributed by atoms with Crippen LogP contribution in [0.3, 0.4) is 0 Å². The van der Waals surface area contributed by atoms with Gasteiger partial charge in [0.05, 0.1) is 9.35 Å². The Morgan fingerprint density at radius 1 is 1.53 bits per heavy atom. The molecule has 5 heteroatoms. The summed E-state index contributed by atoms with van der Waals surface area (Å²) in [5.41, 5.74) is 0.988. The second-order valence-electron chi connectivity index (χ2n) is 5.21. The number of nitrogens with one attached hydrogen (secondary N) is 1. The van der Waals surface area contributed by atoms with Gasteiger partial charge in [0.2, 0.25) is 0 Å². The van der Waals surface area contributed by atoms with Crippen LogP contribution in [0.2, 0.25) is 0 Å². The molecule has 1 heterocycles. The van der Waals surface area contributed by atoms with Gasteiger partial charge in [0.1, 0.15) is 0 Å². The SMILES string of the molecule is CC(C)(C)CC(Br)CNC(=O)c1csc(Br)c1. The van der Waals surface area contributed by atoms with E-state index in [0.717, 1.165) is 15.8 Å². The highest BCUT2D eigenvalue weighted by Gasteiger charge is 2.17. The molecule has 0 radical (unpaired) electrons. The van der Waals surface area contributed by atoms with Crippen molar-refractivity contribution in [3.63, 3.8) is 0 Å². The van der Waals surface area contributed by atoms with Gasteiger partial charge < -0.3 is 5.32 Å². The minimum absolute atomic E-state index is 0.00897. The molecule has 1 amide bonds. The minimum atomic E-state index is -0.00897. The van der Waals surface area contributed by atoms with Gasteiger partial charge in [-0.05, 0) is 33.8 Å². The van der Waals surface area contributed by atoms with Gasteiger partial charge in [-0.1, -0.05) is 36.7 Å². The molecule has 0 aliphatic rings. The monoisotopic (exact) mass is 381 g/mol. The van der Waals surface area contributed by atoms with Crippen molar-refractivity contribution >= 4 is 49.1 Å². The van der Waals surface area contributed by atoms with Crippen LogP contribution in [-0.4, -0.2) is 17.3 Å². The van der Waals surface area contributed by atoms with E-state index in [1.165, 1.54) is 11.3 Å². The molecule has 1 atom stereocenters. The fraction of sp³-hybridized carbons (Fsp3) is 0.583. The Bertz CT molecular complexity index is 384. The third-order valence-corrected chi connectivity index (χ3v) is 4.30. The van der Waals surface area contributed by atoms with E-state index in [2.05, 4.69) is 57.9 Å². The van der Waals surface area contributed by atoms with Crippen molar-refractivity contribution < 1.29 is 4.79 Å². The van der Waals surface area contributed by atoms with Crippen LogP contribution in [0.5, 0.6) is 0 Å². The van der Waals surface area contributed by atoms with Crippen molar-refractivity contribution in [1.82, 2.24) is 5.32 Å². The molecule has 1 unspecified atom stereocenters. The second kappa shape index (κ2) is 6.34. The third kappa shape index (κ3) is 6.02. The maximum atomic E-state index is 11.8. The molecule has 0 aliphatic heterocycles. The largest absolute Gasteiger partial charge is 0.351 e. The number of halogens is 2. The van der Waals surface area contributed by atoms with Crippen LogP contribution >= 0.6 is 43.2 Å². The van der Waals surface area contributed by atoms with E-state index in [4.69, 9.17) is 0 Å². The molecule has 0 aliphatic carbocycles. The zero-order chi connectivity index (χ0) is 13.1. The molecule has 1 N–H and O–H groups in total. The van der Waals surface area contributed by atoms with E-state index in [0.29, 0.717) is 11.4 Å². The van der Waals surface area contributed by atoms with Crippen molar-refractivity contribution in [2.24, 2.45) is 5.41 Å². The van der Waals surface area contributed by atoms with E-state index in [1.54, 1.807) is 0 Å². The van der Waals surface area contributed by atoms with Gasteiger partial charge in [0.25, 0.3) is 5.91 Å². The number of hydrogen-bond acceptors (Lipinski definition) is 2. The summed E-state index contributed by atoms with van der Waals surface area (Å²) >= 11 is 8.47. The topological polar surface area (TPSA) is 29.1 Å². The molecular weight excluding hydrogens is 366 g/mol. The minimum Gasteiger partial charge on any atom is -0.351 e. The zero-order valence-electron chi connectivity index (χ0n) is 10.2. The molecule has 0 bridgehead atoms. The zero-order valence-corrected chi connectivity index (χ0v) is 14.2. The highest BCUT2D eigenvalue weighted by atomic mass is 79.9. The maximum Gasteiger partial charge on any atom is 0.252 e. The first kappa shape index (κ1) is 15.2. The van der Waals surface area contributed by atoms with Crippen molar-refractivity contribution in [2.75, 3.05) is 6.54 Å². The maximum absolute atomic E-state index is 11.8. The lowest BCUT2D eigenvalue weighted by Gasteiger charge is -2.22.